The SMILES string of the molecule is Cc1cncc(CCNCC(C)C)c1. The van der Waals surface area contributed by atoms with E-state index in [2.05, 4.69) is 37.1 Å². The van der Waals surface area contributed by atoms with E-state index >= 15 is 0 Å². The van der Waals surface area contributed by atoms with Gasteiger partial charge in [0.05, 0.1) is 0 Å². The summed E-state index contributed by atoms with van der Waals surface area (Å²) in [5.41, 5.74) is 2.56. The lowest BCUT2D eigenvalue weighted by Gasteiger charge is -2.07. The van der Waals surface area contributed by atoms with E-state index in [1.54, 1.807) is 0 Å². The molecule has 0 atom stereocenters. The quantitative estimate of drug-likeness (QED) is 0.723. The fraction of sp³-hybridized carbons (Fsp3) is 0.583. The van der Waals surface area contributed by atoms with Gasteiger partial charge in [-0.15, -0.1) is 0 Å². The Morgan fingerprint density at radius 2 is 2.14 bits per heavy atom. The highest BCUT2D eigenvalue weighted by molar-refractivity contribution is 5.16. The van der Waals surface area contributed by atoms with Crippen LogP contribution in [0.3, 0.4) is 0 Å². The molecule has 0 unspecified atom stereocenters. The average Bonchev–Trinajstić information content (AvgIpc) is 2.12. The molecule has 1 rings (SSSR count). The lowest BCUT2D eigenvalue weighted by Crippen LogP contribution is -2.22. The summed E-state index contributed by atoms with van der Waals surface area (Å²) in [6.07, 6.45) is 4.91. The first-order valence-corrected chi connectivity index (χ1v) is 5.29. The molecule has 0 aromatic carbocycles. The molecule has 14 heavy (non-hydrogen) atoms. The highest BCUT2D eigenvalue weighted by Crippen LogP contribution is 2.01. The Morgan fingerprint density at radius 1 is 1.36 bits per heavy atom. The van der Waals surface area contributed by atoms with E-state index in [1.165, 1.54) is 11.1 Å². The largest absolute Gasteiger partial charge is 0.316 e. The molecular weight excluding hydrogens is 172 g/mol. The van der Waals surface area contributed by atoms with E-state index in [9.17, 15) is 0 Å². The minimum Gasteiger partial charge on any atom is -0.316 e. The van der Waals surface area contributed by atoms with Crippen LogP contribution in [0.1, 0.15) is 25.0 Å². The first kappa shape index (κ1) is 11.2. The number of nitrogens with one attached hydrogen (secondary N) is 1. The maximum atomic E-state index is 4.17. The Morgan fingerprint density at radius 3 is 2.79 bits per heavy atom. The summed E-state index contributed by atoms with van der Waals surface area (Å²) in [6.45, 7) is 8.67. The van der Waals surface area contributed by atoms with Crippen LogP contribution in [0.25, 0.3) is 0 Å². The van der Waals surface area contributed by atoms with Crippen molar-refractivity contribution in [3.05, 3.63) is 29.6 Å². The molecule has 0 aliphatic heterocycles. The van der Waals surface area contributed by atoms with Gasteiger partial charge >= 0.3 is 0 Å². The van der Waals surface area contributed by atoms with Gasteiger partial charge in [-0.05, 0) is 43.5 Å². The first-order valence-electron chi connectivity index (χ1n) is 5.29. The maximum absolute atomic E-state index is 4.17. The average molecular weight is 192 g/mol. The molecule has 0 fully saturated rings. The number of rotatable bonds is 5. The van der Waals surface area contributed by atoms with Crippen LogP contribution >= 0.6 is 0 Å². The van der Waals surface area contributed by atoms with Crippen molar-refractivity contribution < 1.29 is 0 Å². The predicted molar refractivity (Wildman–Crippen MR) is 60.4 cm³/mol. The second kappa shape index (κ2) is 5.76. The fourth-order valence-electron chi connectivity index (χ4n) is 1.38. The minimum absolute atomic E-state index is 0.727. The summed E-state index contributed by atoms with van der Waals surface area (Å²) >= 11 is 0. The van der Waals surface area contributed by atoms with E-state index < -0.39 is 0 Å². The smallest absolute Gasteiger partial charge is 0.0300 e. The Bertz CT molecular complexity index is 269. The van der Waals surface area contributed by atoms with Crippen molar-refractivity contribution in [3.8, 4) is 0 Å². The third-order valence-electron chi connectivity index (χ3n) is 2.07. The zero-order valence-corrected chi connectivity index (χ0v) is 9.38. The number of aryl methyl sites for hydroxylation is 1. The van der Waals surface area contributed by atoms with E-state index in [0.29, 0.717) is 0 Å². The van der Waals surface area contributed by atoms with E-state index in [4.69, 9.17) is 0 Å². The number of nitrogens with zero attached hydrogens (tertiary/aromatic N) is 1. The molecule has 1 heterocycles. The second-order valence-corrected chi connectivity index (χ2v) is 4.22. The van der Waals surface area contributed by atoms with Gasteiger partial charge in [-0.2, -0.15) is 0 Å². The number of aromatic nitrogens is 1. The molecule has 1 aromatic rings. The molecular formula is C12H20N2. The second-order valence-electron chi connectivity index (χ2n) is 4.22. The first-order chi connectivity index (χ1) is 6.68. The molecule has 78 valence electrons. The molecule has 0 aliphatic carbocycles. The molecule has 1 N–H and O–H groups in total. The summed E-state index contributed by atoms with van der Waals surface area (Å²) in [4.78, 5) is 4.17. The van der Waals surface area contributed by atoms with Gasteiger partial charge in [-0.3, -0.25) is 4.98 Å². The van der Waals surface area contributed by atoms with Crippen molar-refractivity contribution in [1.82, 2.24) is 10.3 Å². The standard InChI is InChI=1S/C12H20N2/c1-10(2)7-13-5-4-12-6-11(3)8-14-9-12/h6,8-10,13H,4-5,7H2,1-3H3. The molecule has 1 aromatic heterocycles. The highest BCUT2D eigenvalue weighted by atomic mass is 14.8. The van der Waals surface area contributed by atoms with Crippen LogP contribution in [0, 0.1) is 12.8 Å². The van der Waals surface area contributed by atoms with E-state index in [-0.39, 0.29) is 0 Å². The number of hydrogen-bond acceptors (Lipinski definition) is 2. The van der Waals surface area contributed by atoms with E-state index in [1.807, 2.05) is 12.4 Å². The zero-order chi connectivity index (χ0) is 10.4. The van der Waals surface area contributed by atoms with Crippen molar-refractivity contribution >= 4 is 0 Å². The molecule has 0 radical (unpaired) electrons. The van der Waals surface area contributed by atoms with Gasteiger partial charge in [0.25, 0.3) is 0 Å². The zero-order valence-electron chi connectivity index (χ0n) is 9.38. The van der Waals surface area contributed by atoms with Crippen molar-refractivity contribution in [1.29, 1.82) is 0 Å². The van der Waals surface area contributed by atoms with Crippen molar-refractivity contribution in [2.75, 3.05) is 13.1 Å². The lowest BCUT2D eigenvalue weighted by atomic mass is 10.1. The van der Waals surface area contributed by atoms with Crippen molar-refractivity contribution in [2.24, 2.45) is 5.92 Å². The third kappa shape index (κ3) is 4.38. The highest BCUT2D eigenvalue weighted by Gasteiger charge is 1.95. The fourth-order valence-corrected chi connectivity index (χ4v) is 1.38. The van der Waals surface area contributed by atoms with Crippen LogP contribution in [-0.2, 0) is 6.42 Å². The summed E-state index contributed by atoms with van der Waals surface area (Å²) < 4.78 is 0. The van der Waals surface area contributed by atoms with Crippen LogP contribution in [0.5, 0.6) is 0 Å². The maximum Gasteiger partial charge on any atom is 0.0300 e. The number of hydrogen-bond donors (Lipinski definition) is 1. The van der Waals surface area contributed by atoms with Crippen LogP contribution in [0.15, 0.2) is 18.5 Å². The summed E-state index contributed by atoms with van der Waals surface area (Å²) in [5.74, 6) is 0.727. The monoisotopic (exact) mass is 192 g/mol. The molecule has 0 aliphatic rings. The Kier molecular flexibility index (Phi) is 4.60. The van der Waals surface area contributed by atoms with Gasteiger partial charge in [0.1, 0.15) is 0 Å². The topological polar surface area (TPSA) is 24.9 Å². The summed E-state index contributed by atoms with van der Waals surface area (Å²) in [6, 6.07) is 2.20. The number of pyridine rings is 1. The summed E-state index contributed by atoms with van der Waals surface area (Å²) in [7, 11) is 0. The molecule has 0 spiro atoms. The van der Waals surface area contributed by atoms with Crippen LogP contribution in [-0.4, -0.2) is 18.1 Å². The van der Waals surface area contributed by atoms with Gasteiger partial charge in [0, 0.05) is 12.4 Å². The Hall–Kier alpha value is -0.890. The Balaban J connectivity index is 2.25. The van der Waals surface area contributed by atoms with Crippen LogP contribution in [0.2, 0.25) is 0 Å². The van der Waals surface area contributed by atoms with Gasteiger partial charge in [-0.25, -0.2) is 0 Å². The minimum atomic E-state index is 0.727. The van der Waals surface area contributed by atoms with E-state index in [0.717, 1.165) is 25.4 Å². The van der Waals surface area contributed by atoms with Gasteiger partial charge in [0.15, 0.2) is 0 Å². The summed E-state index contributed by atoms with van der Waals surface area (Å²) in [5, 5.41) is 3.42. The molecule has 2 heteroatoms. The van der Waals surface area contributed by atoms with Crippen molar-refractivity contribution in [3.63, 3.8) is 0 Å². The molecule has 0 amide bonds. The third-order valence-corrected chi connectivity index (χ3v) is 2.07. The molecule has 2 nitrogen and oxygen atoms in total. The van der Waals surface area contributed by atoms with Gasteiger partial charge in [-0.1, -0.05) is 19.9 Å². The van der Waals surface area contributed by atoms with Crippen molar-refractivity contribution in [2.45, 2.75) is 27.2 Å². The van der Waals surface area contributed by atoms with Gasteiger partial charge < -0.3 is 5.32 Å². The van der Waals surface area contributed by atoms with Crippen LogP contribution in [0.4, 0.5) is 0 Å². The lowest BCUT2D eigenvalue weighted by molar-refractivity contribution is 0.554. The molecule has 0 saturated carbocycles. The van der Waals surface area contributed by atoms with Crippen LogP contribution < -0.4 is 5.32 Å². The normalized spacial score (nSPS) is 10.9. The predicted octanol–water partition coefficient (Wildman–Crippen LogP) is 2.18. The molecule has 0 bridgehead atoms. The van der Waals surface area contributed by atoms with Gasteiger partial charge in [0.2, 0.25) is 0 Å². The molecule has 0 saturated heterocycles. The Labute approximate surface area is 86.8 Å².